The molecule has 0 aromatic heterocycles. The first-order chi connectivity index (χ1) is 10.3. The molecule has 0 saturated carbocycles. The Hall–Kier alpha value is -1.28. The third kappa shape index (κ3) is 4.10. The van der Waals surface area contributed by atoms with Crippen molar-refractivity contribution in [1.82, 2.24) is 5.32 Å². The summed E-state index contributed by atoms with van der Waals surface area (Å²) >= 11 is 0. The molecule has 2 N–H and O–H groups in total. The maximum atomic E-state index is 3.69. The minimum Gasteiger partial charge on any atom is -0.384 e. The van der Waals surface area contributed by atoms with E-state index in [4.69, 9.17) is 0 Å². The summed E-state index contributed by atoms with van der Waals surface area (Å²) in [5.74, 6) is 0. The lowest BCUT2D eigenvalue weighted by atomic mass is 9.97. The number of rotatable bonds is 6. The van der Waals surface area contributed by atoms with Crippen LogP contribution in [0.15, 0.2) is 29.8 Å². The predicted molar refractivity (Wildman–Crippen MR) is 91.0 cm³/mol. The van der Waals surface area contributed by atoms with E-state index in [1.807, 2.05) is 0 Å². The van der Waals surface area contributed by atoms with Gasteiger partial charge in [0.25, 0.3) is 0 Å². The number of allylic oxidation sites excluding steroid dienone is 1. The van der Waals surface area contributed by atoms with Crippen molar-refractivity contribution in [3.63, 3.8) is 0 Å². The van der Waals surface area contributed by atoms with Gasteiger partial charge in [-0.1, -0.05) is 23.8 Å². The molecule has 0 radical (unpaired) electrons. The molecule has 1 aromatic rings. The molecule has 1 atom stereocenters. The van der Waals surface area contributed by atoms with Gasteiger partial charge in [0.15, 0.2) is 0 Å². The van der Waals surface area contributed by atoms with Crippen LogP contribution in [0.3, 0.4) is 0 Å². The molecule has 2 heteroatoms. The molecule has 1 heterocycles. The van der Waals surface area contributed by atoms with Gasteiger partial charge >= 0.3 is 0 Å². The van der Waals surface area contributed by atoms with Crippen LogP contribution in [0.5, 0.6) is 0 Å². The molecule has 0 fully saturated rings. The van der Waals surface area contributed by atoms with Gasteiger partial charge in [0.05, 0.1) is 0 Å². The van der Waals surface area contributed by atoms with Crippen molar-refractivity contribution < 1.29 is 0 Å². The predicted octanol–water partition coefficient (Wildman–Crippen LogP) is 4.07. The van der Waals surface area contributed by atoms with Crippen molar-refractivity contribution in [1.29, 1.82) is 0 Å². The van der Waals surface area contributed by atoms with Crippen LogP contribution < -0.4 is 10.6 Å². The second-order valence-corrected chi connectivity index (χ2v) is 6.59. The maximum absolute atomic E-state index is 3.69. The number of benzene rings is 1. The molecule has 1 aliphatic carbocycles. The quantitative estimate of drug-likeness (QED) is 0.770. The zero-order valence-electron chi connectivity index (χ0n) is 13.3. The second-order valence-electron chi connectivity index (χ2n) is 6.59. The molecule has 1 aromatic carbocycles. The Balaban J connectivity index is 1.43. The molecule has 1 aliphatic heterocycles. The van der Waals surface area contributed by atoms with Crippen molar-refractivity contribution >= 4 is 5.69 Å². The number of hydrogen-bond donors (Lipinski definition) is 2. The van der Waals surface area contributed by atoms with Crippen LogP contribution in [0.4, 0.5) is 5.69 Å². The number of anilines is 1. The minimum absolute atomic E-state index is 0.557. The normalized spacial score (nSPS) is 18.8. The van der Waals surface area contributed by atoms with Crippen molar-refractivity contribution in [2.45, 2.75) is 57.9 Å². The SMILES string of the molecule is CC(Cc1ccc2c(c1)CCN2)NCCC1=CCCCC1. The fraction of sp³-hybridized carbons (Fsp3) is 0.579. The average Bonchev–Trinajstić information content (AvgIpc) is 2.96. The Morgan fingerprint density at radius 2 is 2.19 bits per heavy atom. The van der Waals surface area contributed by atoms with Crippen molar-refractivity contribution in [2.75, 3.05) is 18.4 Å². The molecule has 114 valence electrons. The van der Waals surface area contributed by atoms with E-state index in [-0.39, 0.29) is 0 Å². The van der Waals surface area contributed by atoms with E-state index in [9.17, 15) is 0 Å². The van der Waals surface area contributed by atoms with Gasteiger partial charge in [-0.25, -0.2) is 0 Å². The monoisotopic (exact) mass is 284 g/mol. The second kappa shape index (κ2) is 7.13. The van der Waals surface area contributed by atoms with Gasteiger partial charge in [0.1, 0.15) is 0 Å². The topological polar surface area (TPSA) is 24.1 Å². The van der Waals surface area contributed by atoms with E-state index in [1.165, 1.54) is 55.3 Å². The lowest BCUT2D eigenvalue weighted by molar-refractivity contribution is 0.539. The van der Waals surface area contributed by atoms with Crippen LogP contribution in [-0.4, -0.2) is 19.1 Å². The lowest BCUT2D eigenvalue weighted by Crippen LogP contribution is -2.29. The highest BCUT2D eigenvalue weighted by Gasteiger charge is 2.11. The molecule has 0 amide bonds. The van der Waals surface area contributed by atoms with Crippen LogP contribution >= 0.6 is 0 Å². The molecule has 21 heavy (non-hydrogen) atoms. The van der Waals surface area contributed by atoms with Crippen LogP contribution in [-0.2, 0) is 12.8 Å². The van der Waals surface area contributed by atoms with Gasteiger partial charge < -0.3 is 10.6 Å². The summed E-state index contributed by atoms with van der Waals surface area (Å²) < 4.78 is 0. The molecule has 0 bridgehead atoms. The highest BCUT2D eigenvalue weighted by atomic mass is 14.9. The van der Waals surface area contributed by atoms with Gasteiger partial charge in [-0.05, 0) is 75.6 Å². The highest BCUT2D eigenvalue weighted by Crippen LogP contribution is 2.23. The van der Waals surface area contributed by atoms with Gasteiger partial charge in [-0.2, -0.15) is 0 Å². The first-order valence-electron chi connectivity index (χ1n) is 8.58. The highest BCUT2D eigenvalue weighted by molar-refractivity contribution is 5.56. The Labute approximate surface area is 129 Å². The van der Waals surface area contributed by atoms with Crippen molar-refractivity contribution in [3.05, 3.63) is 41.0 Å². The summed E-state index contributed by atoms with van der Waals surface area (Å²) in [5.41, 5.74) is 5.97. The Morgan fingerprint density at radius 1 is 1.24 bits per heavy atom. The van der Waals surface area contributed by atoms with Gasteiger partial charge in [0, 0.05) is 18.3 Å². The van der Waals surface area contributed by atoms with Crippen LogP contribution in [0.25, 0.3) is 0 Å². The fourth-order valence-corrected chi connectivity index (χ4v) is 3.52. The molecule has 2 aliphatic rings. The Morgan fingerprint density at radius 3 is 3.05 bits per heavy atom. The number of fused-ring (bicyclic) bond motifs is 1. The molecule has 0 saturated heterocycles. The first-order valence-corrected chi connectivity index (χ1v) is 8.58. The standard InChI is InChI=1S/C19H28N2/c1-15(20-11-9-16-5-3-2-4-6-16)13-17-7-8-19-18(14-17)10-12-21-19/h5,7-8,14-15,20-21H,2-4,6,9-13H2,1H3. The van der Waals surface area contributed by atoms with E-state index in [0.29, 0.717) is 6.04 Å². The van der Waals surface area contributed by atoms with Crippen molar-refractivity contribution in [2.24, 2.45) is 0 Å². The summed E-state index contributed by atoms with van der Waals surface area (Å²) in [6.45, 7) is 4.53. The van der Waals surface area contributed by atoms with E-state index in [0.717, 1.165) is 19.5 Å². The molecule has 3 rings (SSSR count). The van der Waals surface area contributed by atoms with Crippen LogP contribution in [0.2, 0.25) is 0 Å². The van der Waals surface area contributed by atoms with Gasteiger partial charge in [0.2, 0.25) is 0 Å². The third-order valence-electron chi connectivity index (χ3n) is 4.75. The van der Waals surface area contributed by atoms with E-state index in [2.05, 4.69) is 41.8 Å². The smallest absolute Gasteiger partial charge is 0.0373 e. The van der Waals surface area contributed by atoms with Crippen molar-refractivity contribution in [3.8, 4) is 0 Å². The summed E-state index contributed by atoms with van der Waals surface area (Å²) in [6.07, 6.45) is 11.4. The molecule has 1 unspecified atom stereocenters. The van der Waals surface area contributed by atoms with Gasteiger partial charge in [-0.3, -0.25) is 0 Å². The average molecular weight is 284 g/mol. The van der Waals surface area contributed by atoms with E-state index < -0.39 is 0 Å². The minimum atomic E-state index is 0.557. The molecule has 0 spiro atoms. The van der Waals surface area contributed by atoms with E-state index >= 15 is 0 Å². The zero-order valence-corrected chi connectivity index (χ0v) is 13.3. The largest absolute Gasteiger partial charge is 0.384 e. The van der Waals surface area contributed by atoms with Gasteiger partial charge in [-0.15, -0.1) is 0 Å². The fourth-order valence-electron chi connectivity index (χ4n) is 3.52. The van der Waals surface area contributed by atoms with Crippen LogP contribution in [0.1, 0.15) is 50.2 Å². The van der Waals surface area contributed by atoms with Crippen LogP contribution in [0, 0.1) is 0 Å². The summed E-state index contributed by atoms with van der Waals surface area (Å²) in [5, 5.41) is 7.12. The summed E-state index contributed by atoms with van der Waals surface area (Å²) in [4.78, 5) is 0. The molecule has 2 nitrogen and oxygen atoms in total. The zero-order chi connectivity index (χ0) is 14.5. The maximum Gasteiger partial charge on any atom is 0.0373 e. The Bertz CT molecular complexity index is 504. The summed E-state index contributed by atoms with van der Waals surface area (Å²) in [7, 11) is 0. The molecular formula is C19H28N2. The van der Waals surface area contributed by atoms with E-state index in [1.54, 1.807) is 5.57 Å². The Kier molecular flexibility index (Phi) is 4.97. The third-order valence-corrected chi connectivity index (χ3v) is 4.75. The lowest BCUT2D eigenvalue weighted by Gasteiger charge is -2.17. The summed E-state index contributed by atoms with van der Waals surface area (Å²) in [6, 6.07) is 7.47. The number of nitrogens with one attached hydrogen (secondary N) is 2. The first kappa shape index (κ1) is 14.6. The molecular weight excluding hydrogens is 256 g/mol. The number of hydrogen-bond acceptors (Lipinski definition) is 2.